The van der Waals surface area contributed by atoms with E-state index in [0.717, 1.165) is 24.9 Å². The van der Waals surface area contributed by atoms with Crippen molar-refractivity contribution in [3.63, 3.8) is 0 Å². The molecule has 1 unspecified atom stereocenters. The Morgan fingerprint density at radius 1 is 1.37 bits per heavy atom. The summed E-state index contributed by atoms with van der Waals surface area (Å²) in [5.74, 6) is 0.306. The van der Waals surface area contributed by atoms with E-state index in [2.05, 4.69) is 25.7 Å². The van der Waals surface area contributed by atoms with Crippen molar-refractivity contribution in [3.05, 3.63) is 59.3 Å². The van der Waals surface area contributed by atoms with E-state index in [4.69, 9.17) is 22.1 Å². The Morgan fingerprint density at radius 2 is 2.20 bits per heavy atom. The number of carbonyl (C=O) groups excluding carboxylic acids is 1. The first-order valence-electron chi connectivity index (χ1n) is 9.55. The second-order valence-electron chi connectivity index (χ2n) is 7.03. The average Bonchev–Trinajstić information content (AvgIpc) is 3.41. The number of nitrogens with two attached hydrogens (primary N) is 1. The number of aromatic nitrogens is 4. The molecule has 0 bridgehead atoms. The molecule has 30 heavy (non-hydrogen) atoms. The van der Waals surface area contributed by atoms with E-state index in [9.17, 15) is 4.79 Å². The number of carbonyl (C=O) groups is 1. The molecule has 0 saturated carbocycles. The van der Waals surface area contributed by atoms with Crippen molar-refractivity contribution in [1.29, 1.82) is 0 Å². The quantitative estimate of drug-likeness (QED) is 0.552. The van der Waals surface area contributed by atoms with Gasteiger partial charge in [-0.3, -0.25) is 9.48 Å². The van der Waals surface area contributed by atoms with E-state index < -0.39 is 5.91 Å². The molecule has 4 N–H and O–H groups in total. The maximum Gasteiger partial charge on any atom is 0.278 e. The van der Waals surface area contributed by atoms with Gasteiger partial charge in [0.15, 0.2) is 11.5 Å². The minimum atomic E-state index is -0.444. The summed E-state index contributed by atoms with van der Waals surface area (Å²) in [6.07, 6.45) is 8.30. The Hall–Kier alpha value is -3.17. The van der Waals surface area contributed by atoms with Crippen LogP contribution in [-0.4, -0.2) is 45.4 Å². The maximum atomic E-state index is 12.5. The number of nitrogens with zero attached hydrogens (tertiary/aromatic N) is 4. The fourth-order valence-corrected chi connectivity index (χ4v) is 3.93. The highest BCUT2D eigenvalue weighted by molar-refractivity contribution is 6.30. The van der Waals surface area contributed by atoms with Gasteiger partial charge in [0.2, 0.25) is 0 Å². The first kappa shape index (κ1) is 20.1. The van der Waals surface area contributed by atoms with Crippen LogP contribution >= 0.6 is 11.6 Å². The van der Waals surface area contributed by atoms with Gasteiger partial charge in [0.05, 0.1) is 25.0 Å². The fraction of sp³-hybridized carbons (Fsp3) is 0.300. The van der Waals surface area contributed by atoms with Gasteiger partial charge in [-0.1, -0.05) is 11.6 Å². The van der Waals surface area contributed by atoms with Crippen molar-refractivity contribution < 1.29 is 9.53 Å². The molecule has 2 aromatic heterocycles. The summed E-state index contributed by atoms with van der Waals surface area (Å²) < 4.78 is 7.21. The van der Waals surface area contributed by atoms with Gasteiger partial charge in [0, 0.05) is 29.7 Å². The standard InChI is InChI=1S/C20H22ClN7O2/c1-30-15-8-12(7-13(21)9-15)18(16-3-2-4-23-16)28-11-14(10-26-28)27-20(29)17-19(22)25-6-5-24-17/h5-11,16,18,23H,2-4H2,1H3,(H2,22,25)(H,27,29)/t16-,18?/m1/s1. The Labute approximate surface area is 178 Å². The Balaban J connectivity index is 1.63. The highest BCUT2D eigenvalue weighted by atomic mass is 35.5. The van der Waals surface area contributed by atoms with Gasteiger partial charge in [-0.05, 0) is 43.1 Å². The normalized spacial score (nSPS) is 16.9. The minimum Gasteiger partial charge on any atom is -0.497 e. The number of nitrogen functional groups attached to an aromatic ring is 1. The van der Waals surface area contributed by atoms with Crippen LogP contribution in [-0.2, 0) is 0 Å². The van der Waals surface area contributed by atoms with E-state index in [1.807, 2.05) is 16.8 Å². The summed E-state index contributed by atoms with van der Waals surface area (Å²) in [6.45, 7) is 0.940. The number of methoxy groups -OCH3 is 1. The van der Waals surface area contributed by atoms with Gasteiger partial charge in [-0.15, -0.1) is 0 Å². The molecular formula is C20H22ClN7O2. The van der Waals surface area contributed by atoms with Crippen molar-refractivity contribution in [3.8, 4) is 5.75 Å². The van der Waals surface area contributed by atoms with E-state index in [1.165, 1.54) is 12.4 Å². The van der Waals surface area contributed by atoms with E-state index in [-0.39, 0.29) is 23.6 Å². The Bertz CT molecular complexity index is 1050. The van der Waals surface area contributed by atoms with Crippen LogP contribution in [0.1, 0.15) is 34.9 Å². The third-order valence-electron chi connectivity index (χ3n) is 5.04. The summed E-state index contributed by atoms with van der Waals surface area (Å²) >= 11 is 6.31. The number of hydrogen-bond donors (Lipinski definition) is 3. The largest absolute Gasteiger partial charge is 0.497 e. The monoisotopic (exact) mass is 427 g/mol. The number of ether oxygens (including phenoxy) is 1. The maximum absolute atomic E-state index is 12.5. The van der Waals surface area contributed by atoms with Crippen molar-refractivity contribution in [1.82, 2.24) is 25.1 Å². The summed E-state index contributed by atoms with van der Waals surface area (Å²) in [5.41, 5.74) is 7.31. The van der Waals surface area contributed by atoms with Crippen LogP contribution < -0.4 is 21.1 Å². The SMILES string of the molecule is COc1cc(Cl)cc(C([C@H]2CCCN2)n2cc(NC(=O)c3nccnc3N)cn2)c1. The minimum absolute atomic E-state index is 0.0684. The third-order valence-corrected chi connectivity index (χ3v) is 5.25. The number of rotatable bonds is 6. The lowest BCUT2D eigenvalue weighted by atomic mass is 9.98. The van der Waals surface area contributed by atoms with Crippen LogP contribution in [0, 0.1) is 0 Å². The smallest absolute Gasteiger partial charge is 0.278 e. The molecule has 1 saturated heterocycles. The summed E-state index contributed by atoms with van der Waals surface area (Å²) in [4.78, 5) is 20.4. The van der Waals surface area contributed by atoms with Gasteiger partial charge < -0.3 is 21.1 Å². The van der Waals surface area contributed by atoms with E-state index in [1.54, 1.807) is 25.6 Å². The van der Waals surface area contributed by atoms with Gasteiger partial charge in [-0.25, -0.2) is 9.97 Å². The molecular weight excluding hydrogens is 406 g/mol. The zero-order valence-corrected chi connectivity index (χ0v) is 17.1. The summed E-state index contributed by atoms with van der Waals surface area (Å²) in [5, 5.41) is 11.4. The molecule has 0 radical (unpaired) electrons. The van der Waals surface area contributed by atoms with Crippen LogP contribution in [0.15, 0.2) is 43.0 Å². The number of nitrogens with one attached hydrogen (secondary N) is 2. The van der Waals surface area contributed by atoms with Crippen LogP contribution in [0.5, 0.6) is 5.75 Å². The summed E-state index contributed by atoms with van der Waals surface area (Å²) in [6, 6.07) is 5.69. The molecule has 156 valence electrons. The zero-order valence-electron chi connectivity index (χ0n) is 16.4. The van der Waals surface area contributed by atoms with Gasteiger partial charge in [-0.2, -0.15) is 5.10 Å². The van der Waals surface area contributed by atoms with E-state index >= 15 is 0 Å². The molecule has 3 aromatic rings. The molecule has 2 atom stereocenters. The lowest BCUT2D eigenvalue weighted by Crippen LogP contribution is -2.33. The number of benzene rings is 1. The van der Waals surface area contributed by atoms with Crippen molar-refractivity contribution >= 4 is 29.0 Å². The molecule has 1 aliphatic heterocycles. The molecule has 9 nitrogen and oxygen atoms in total. The second-order valence-corrected chi connectivity index (χ2v) is 7.46. The Kier molecular flexibility index (Phi) is 5.82. The van der Waals surface area contributed by atoms with Crippen molar-refractivity contribution in [2.24, 2.45) is 0 Å². The molecule has 1 amide bonds. The predicted octanol–water partition coefficient (Wildman–Crippen LogP) is 2.51. The van der Waals surface area contributed by atoms with Crippen LogP contribution in [0.3, 0.4) is 0 Å². The zero-order chi connectivity index (χ0) is 21.1. The highest BCUT2D eigenvalue weighted by Crippen LogP contribution is 2.32. The lowest BCUT2D eigenvalue weighted by molar-refractivity contribution is 0.102. The van der Waals surface area contributed by atoms with Gasteiger partial charge >= 0.3 is 0 Å². The molecule has 3 heterocycles. The van der Waals surface area contributed by atoms with Crippen LogP contribution in [0.2, 0.25) is 5.02 Å². The molecule has 4 rings (SSSR count). The average molecular weight is 428 g/mol. The number of amides is 1. The first-order valence-corrected chi connectivity index (χ1v) is 9.93. The number of anilines is 2. The van der Waals surface area contributed by atoms with E-state index in [0.29, 0.717) is 16.5 Å². The van der Waals surface area contributed by atoms with Crippen LogP contribution in [0.4, 0.5) is 11.5 Å². The van der Waals surface area contributed by atoms with Crippen molar-refractivity contribution in [2.75, 3.05) is 24.7 Å². The number of hydrogen-bond acceptors (Lipinski definition) is 7. The lowest BCUT2D eigenvalue weighted by Gasteiger charge is -2.25. The first-order chi connectivity index (χ1) is 14.5. The fourth-order valence-electron chi connectivity index (χ4n) is 3.69. The third kappa shape index (κ3) is 4.22. The molecule has 10 heteroatoms. The number of halogens is 1. The Morgan fingerprint density at radius 3 is 2.93 bits per heavy atom. The molecule has 1 aromatic carbocycles. The second kappa shape index (κ2) is 8.68. The molecule has 1 fully saturated rings. The van der Waals surface area contributed by atoms with Gasteiger partial charge in [0.25, 0.3) is 5.91 Å². The predicted molar refractivity (Wildman–Crippen MR) is 114 cm³/mol. The molecule has 0 aliphatic carbocycles. The molecule has 0 spiro atoms. The van der Waals surface area contributed by atoms with Gasteiger partial charge in [0.1, 0.15) is 5.75 Å². The summed E-state index contributed by atoms with van der Waals surface area (Å²) in [7, 11) is 1.61. The van der Waals surface area contributed by atoms with Crippen LogP contribution in [0.25, 0.3) is 0 Å². The molecule has 1 aliphatic rings. The highest BCUT2D eigenvalue weighted by Gasteiger charge is 2.29. The van der Waals surface area contributed by atoms with Crippen molar-refractivity contribution in [2.45, 2.75) is 24.9 Å². The topological polar surface area (TPSA) is 120 Å².